The molecule has 2 aromatic rings. The number of rotatable bonds is 4. The fourth-order valence-electron chi connectivity index (χ4n) is 1.68. The van der Waals surface area contributed by atoms with E-state index in [4.69, 9.17) is 0 Å². The predicted molar refractivity (Wildman–Crippen MR) is 80.9 cm³/mol. The molecule has 0 aliphatic heterocycles. The Kier molecular flexibility index (Phi) is 3.52. The van der Waals surface area contributed by atoms with Crippen LogP contribution in [0.3, 0.4) is 0 Å². The molecule has 1 heterocycles. The number of hydrogen-bond acceptors (Lipinski definition) is 4. The molecule has 1 saturated carbocycles. The zero-order chi connectivity index (χ0) is 13.2. The van der Waals surface area contributed by atoms with Crippen molar-refractivity contribution in [3.63, 3.8) is 0 Å². The molecule has 1 aliphatic carbocycles. The molecule has 4 nitrogen and oxygen atoms in total. The first-order valence-corrected chi connectivity index (χ1v) is 7.66. The topological polar surface area (TPSA) is 54.0 Å². The highest BCUT2D eigenvalue weighted by Crippen LogP contribution is 2.29. The molecule has 0 saturated heterocycles. The molecule has 0 unspecified atom stereocenters. The minimum atomic E-state index is -0.178. The summed E-state index contributed by atoms with van der Waals surface area (Å²) in [5.74, 6) is -0.178. The number of amides is 1. The van der Waals surface area contributed by atoms with E-state index in [1.807, 2.05) is 24.3 Å². The molecule has 98 valence electrons. The summed E-state index contributed by atoms with van der Waals surface area (Å²) >= 11 is 4.85. The number of thiazole rings is 1. The van der Waals surface area contributed by atoms with E-state index in [1.165, 1.54) is 24.2 Å². The predicted octanol–water partition coefficient (Wildman–Crippen LogP) is 3.73. The summed E-state index contributed by atoms with van der Waals surface area (Å²) in [5, 5.41) is 7.04. The van der Waals surface area contributed by atoms with Crippen molar-refractivity contribution in [3.05, 3.63) is 39.9 Å². The van der Waals surface area contributed by atoms with E-state index in [9.17, 15) is 4.79 Å². The zero-order valence-corrected chi connectivity index (χ0v) is 12.4. The van der Waals surface area contributed by atoms with Crippen LogP contribution < -0.4 is 10.6 Å². The van der Waals surface area contributed by atoms with E-state index in [2.05, 4.69) is 31.5 Å². The molecule has 6 heteroatoms. The van der Waals surface area contributed by atoms with Crippen LogP contribution in [0.1, 0.15) is 23.3 Å². The molecule has 3 rings (SSSR count). The summed E-state index contributed by atoms with van der Waals surface area (Å²) in [5.41, 5.74) is 2.92. The van der Waals surface area contributed by atoms with Crippen LogP contribution in [0.25, 0.3) is 0 Å². The van der Waals surface area contributed by atoms with Gasteiger partial charge < -0.3 is 10.6 Å². The first kappa shape index (κ1) is 12.6. The number of nitrogens with one attached hydrogen (secondary N) is 2. The first-order chi connectivity index (χ1) is 9.22. The lowest BCUT2D eigenvalue weighted by atomic mass is 10.3. The van der Waals surface area contributed by atoms with Crippen molar-refractivity contribution in [1.29, 1.82) is 0 Å². The fraction of sp³-hybridized carbons (Fsp3) is 0.231. The van der Waals surface area contributed by atoms with Gasteiger partial charge >= 0.3 is 0 Å². The highest BCUT2D eigenvalue weighted by atomic mass is 79.9. The first-order valence-electron chi connectivity index (χ1n) is 5.99. The number of hydrogen-bond donors (Lipinski definition) is 2. The molecule has 2 N–H and O–H groups in total. The Morgan fingerprint density at radius 3 is 3.00 bits per heavy atom. The van der Waals surface area contributed by atoms with Crippen molar-refractivity contribution in [2.75, 3.05) is 10.6 Å². The van der Waals surface area contributed by atoms with E-state index in [0.29, 0.717) is 11.7 Å². The van der Waals surface area contributed by atoms with E-state index < -0.39 is 0 Å². The molecular weight excluding hydrogens is 326 g/mol. The maximum atomic E-state index is 12.2. The Balaban J connectivity index is 1.74. The molecule has 1 aromatic carbocycles. The van der Waals surface area contributed by atoms with Crippen molar-refractivity contribution in [2.45, 2.75) is 18.9 Å². The highest BCUT2D eigenvalue weighted by Gasteiger charge is 2.24. The number of aromatic nitrogens is 1. The summed E-state index contributed by atoms with van der Waals surface area (Å²) < 4.78 is 0.930. The normalized spacial score (nSPS) is 14.2. The van der Waals surface area contributed by atoms with Gasteiger partial charge in [-0.3, -0.25) is 4.79 Å². The maximum absolute atomic E-state index is 12.2. The van der Waals surface area contributed by atoms with Crippen molar-refractivity contribution < 1.29 is 4.79 Å². The van der Waals surface area contributed by atoms with Gasteiger partial charge in [0, 0.05) is 16.2 Å². The Morgan fingerprint density at radius 1 is 1.42 bits per heavy atom. The minimum Gasteiger partial charge on any atom is -0.372 e. The number of anilines is 2. The van der Waals surface area contributed by atoms with Gasteiger partial charge in [0.15, 0.2) is 5.69 Å². The van der Waals surface area contributed by atoms with Crippen molar-refractivity contribution >= 4 is 43.9 Å². The van der Waals surface area contributed by atoms with Gasteiger partial charge in [0.25, 0.3) is 5.91 Å². The Hall–Kier alpha value is -1.40. The van der Waals surface area contributed by atoms with Crippen molar-refractivity contribution in [3.8, 4) is 0 Å². The number of carbonyl (C=O) groups is 1. The standard InChI is InChI=1S/C13H12BrN3OS/c14-8-2-1-3-10(6-8)16-12(18)11-13(19-7-15-11)17-9-4-5-9/h1-3,6-7,9,17H,4-5H2,(H,16,18). The smallest absolute Gasteiger partial charge is 0.277 e. The van der Waals surface area contributed by atoms with Crippen LogP contribution in [0, 0.1) is 0 Å². The summed E-state index contributed by atoms with van der Waals surface area (Å²) in [6, 6.07) is 8.02. The van der Waals surface area contributed by atoms with Crippen LogP contribution in [0.15, 0.2) is 34.2 Å². The van der Waals surface area contributed by atoms with E-state index in [-0.39, 0.29) is 5.91 Å². The SMILES string of the molecule is O=C(Nc1cccc(Br)c1)c1ncsc1NC1CC1. The Bertz CT molecular complexity index is 609. The van der Waals surface area contributed by atoms with Gasteiger partial charge in [-0.2, -0.15) is 0 Å². The minimum absolute atomic E-state index is 0.178. The lowest BCUT2D eigenvalue weighted by molar-refractivity contribution is 0.102. The molecule has 1 fully saturated rings. The largest absolute Gasteiger partial charge is 0.372 e. The third-order valence-electron chi connectivity index (χ3n) is 2.78. The molecule has 0 radical (unpaired) electrons. The number of nitrogens with zero attached hydrogens (tertiary/aromatic N) is 1. The summed E-state index contributed by atoms with van der Waals surface area (Å²) in [6.07, 6.45) is 2.34. The molecule has 0 atom stereocenters. The quantitative estimate of drug-likeness (QED) is 0.893. The molecule has 1 aliphatic rings. The average molecular weight is 338 g/mol. The van der Waals surface area contributed by atoms with E-state index in [0.717, 1.165) is 15.2 Å². The third-order valence-corrected chi connectivity index (χ3v) is 4.03. The second kappa shape index (κ2) is 5.30. The number of halogens is 1. The lowest BCUT2D eigenvalue weighted by Crippen LogP contribution is -2.15. The fourth-order valence-corrected chi connectivity index (χ4v) is 2.83. The zero-order valence-electron chi connectivity index (χ0n) is 10.0. The molecule has 1 amide bonds. The monoisotopic (exact) mass is 337 g/mol. The second-order valence-corrected chi connectivity index (χ2v) is 6.18. The van der Waals surface area contributed by atoms with Crippen molar-refractivity contribution in [1.82, 2.24) is 4.98 Å². The van der Waals surface area contributed by atoms with Gasteiger partial charge in [0.1, 0.15) is 5.00 Å². The number of benzene rings is 1. The van der Waals surface area contributed by atoms with Crippen molar-refractivity contribution in [2.24, 2.45) is 0 Å². The van der Waals surface area contributed by atoms with Gasteiger partial charge in [-0.05, 0) is 31.0 Å². The van der Waals surface area contributed by atoms with Crippen LogP contribution in [0.2, 0.25) is 0 Å². The van der Waals surface area contributed by atoms with Crippen LogP contribution in [0.5, 0.6) is 0 Å². The molecule has 1 aromatic heterocycles. The summed E-state index contributed by atoms with van der Waals surface area (Å²) in [6.45, 7) is 0. The van der Waals surface area contributed by atoms with Gasteiger partial charge in [0.2, 0.25) is 0 Å². The van der Waals surface area contributed by atoms with Gasteiger partial charge in [-0.1, -0.05) is 22.0 Å². The van der Waals surface area contributed by atoms with Gasteiger partial charge in [-0.25, -0.2) is 4.98 Å². The van der Waals surface area contributed by atoms with E-state index in [1.54, 1.807) is 5.51 Å². The molecule has 0 bridgehead atoms. The number of carbonyl (C=O) groups excluding carboxylic acids is 1. The Labute approximate surface area is 123 Å². The second-order valence-electron chi connectivity index (χ2n) is 4.41. The van der Waals surface area contributed by atoms with Gasteiger partial charge in [0.05, 0.1) is 5.51 Å². The molecule has 19 heavy (non-hydrogen) atoms. The van der Waals surface area contributed by atoms with Crippen LogP contribution in [-0.4, -0.2) is 16.9 Å². The molecular formula is C13H12BrN3OS. The summed E-state index contributed by atoms with van der Waals surface area (Å²) in [7, 11) is 0. The van der Waals surface area contributed by atoms with Gasteiger partial charge in [-0.15, -0.1) is 11.3 Å². The van der Waals surface area contributed by atoms with Crippen LogP contribution in [0.4, 0.5) is 10.7 Å². The average Bonchev–Trinajstić information content (AvgIpc) is 3.05. The Morgan fingerprint density at radius 2 is 2.26 bits per heavy atom. The van der Waals surface area contributed by atoms with Crippen LogP contribution in [-0.2, 0) is 0 Å². The lowest BCUT2D eigenvalue weighted by Gasteiger charge is -2.06. The third kappa shape index (κ3) is 3.13. The maximum Gasteiger partial charge on any atom is 0.277 e. The molecule has 0 spiro atoms. The summed E-state index contributed by atoms with van der Waals surface area (Å²) in [4.78, 5) is 16.3. The van der Waals surface area contributed by atoms with E-state index >= 15 is 0 Å². The highest BCUT2D eigenvalue weighted by molar-refractivity contribution is 9.10. The van der Waals surface area contributed by atoms with Crippen LogP contribution >= 0.6 is 27.3 Å².